The number of hydrogen-bond acceptors (Lipinski definition) is 2. The molecule has 0 spiro atoms. The first-order valence-corrected chi connectivity index (χ1v) is 11.1. The zero-order chi connectivity index (χ0) is 21.9. The van der Waals surface area contributed by atoms with Crippen LogP contribution in [0.4, 0.5) is 10.1 Å². The molecule has 3 aromatic carbocycles. The Morgan fingerprint density at radius 1 is 0.969 bits per heavy atom. The van der Waals surface area contributed by atoms with E-state index in [4.69, 9.17) is 0 Å². The van der Waals surface area contributed by atoms with Crippen LogP contribution in [0.15, 0.2) is 78.9 Å². The van der Waals surface area contributed by atoms with Crippen molar-refractivity contribution >= 4 is 22.5 Å². The number of carbonyl (C=O) groups excluding carboxylic acids is 1. The molecule has 0 radical (unpaired) electrons. The molecule has 162 valence electrons. The van der Waals surface area contributed by atoms with Gasteiger partial charge in [0.2, 0.25) is 0 Å². The minimum atomic E-state index is -0.327. The maximum absolute atomic E-state index is 13.1. The number of benzene rings is 3. The van der Waals surface area contributed by atoms with E-state index in [-0.39, 0.29) is 11.7 Å². The Morgan fingerprint density at radius 2 is 1.72 bits per heavy atom. The molecule has 4 aromatic rings. The number of carbonyl (C=O) groups is 1. The van der Waals surface area contributed by atoms with Crippen LogP contribution in [0.3, 0.4) is 0 Å². The Balaban J connectivity index is 1.24. The molecule has 4 nitrogen and oxygen atoms in total. The number of amides is 1. The number of aromatic amines is 1. The molecule has 0 atom stereocenters. The third-order valence-corrected chi connectivity index (χ3v) is 6.30. The fraction of sp³-hybridized carbons (Fsp3) is 0.222. The number of aromatic nitrogens is 1. The molecule has 1 aliphatic heterocycles. The number of nitrogens with one attached hydrogen (secondary N) is 2. The quantitative estimate of drug-likeness (QED) is 0.414. The van der Waals surface area contributed by atoms with Gasteiger partial charge in [0, 0.05) is 23.1 Å². The summed E-state index contributed by atoms with van der Waals surface area (Å²) in [6.07, 6.45) is 2.28. The number of likely N-dealkylation sites (tertiary alicyclic amines) is 1. The number of hydrogen-bond donors (Lipinski definition) is 2. The van der Waals surface area contributed by atoms with Crippen LogP contribution in [0.25, 0.3) is 10.9 Å². The average Bonchev–Trinajstić information content (AvgIpc) is 3.25. The van der Waals surface area contributed by atoms with Crippen LogP contribution < -0.4 is 5.32 Å². The predicted octanol–water partition coefficient (Wildman–Crippen LogP) is 5.94. The van der Waals surface area contributed by atoms with Crippen molar-refractivity contribution in [2.24, 2.45) is 0 Å². The fourth-order valence-electron chi connectivity index (χ4n) is 4.53. The van der Waals surface area contributed by atoms with E-state index in [2.05, 4.69) is 63.7 Å². The van der Waals surface area contributed by atoms with E-state index in [1.807, 2.05) is 6.07 Å². The molecule has 1 amide bonds. The molecule has 1 saturated heterocycles. The molecule has 5 rings (SSSR count). The SMILES string of the molecule is O=C(Nc1ccc(F)cc1)c1cc2cc(C3CCN(Cc4ccccc4)CC3)ccc2[nH]1. The monoisotopic (exact) mass is 427 g/mol. The molecule has 2 N–H and O–H groups in total. The van der Waals surface area contributed by atoms with Crippen molar-refractivity contribution in [3.8, 4) is 0 Å². The second-order valence-electron chi connectivity index (χ2n) is 8.53. The molecule has 32 heavy (non-hydrogen) atoms. The molecular formula is C27H26FN3O. The number of H-pyrrole nitrogens is 1. The fourth-order valence-corrected chi connectivity index (χ4v) is 4.53. The molecule has 0 aliphatic carbocycles. The second-order valence-corrected chi connectivity index (χ2v) is 8.53. The molecule has 1 aromatic heterocycles. The number of rotatable bonds is 5. The zero-order valence-electron chi connectivity index (χ0n) is 17.9. The molecule has 0 unspecified atom stereocenters. The van der Waals surface area contributed by atoms with Gasteiger partial charge in [-0.3, -0.25) is 9.69 Å². The van der Waals surface area contributed by atoms with Crippen molar-refractivity contribution < 1.29 is 9.18 Å². The summed E-state index contributed by atoms with van der Waals surface area (Å²) < 4.78 is 13.1. The van der Waals surface area contributed by atoms with Crippen LogP contribution in [0.5, 0.6) is 0 Å². The van der Waals surface area contributed by atoms with Crippen molar-refractivity contribution in [1.29, 1.82) is 0 Å². The highest BCUT2D eigenvalue weighted by Crippen LogP contribution is 2.31. The smallest absolute Gasteiger partial charge is 0.272 e. The third-order valence-electron chi connectivity index (χ3n) is 6.30. The highest BCUT2D eigenvalue weighted by molar-refractivity contribution is 6.05. The van der Waals surface area contributed by atoms with Crippen molar-refractivity contribution in [2.75, 3.05) is 18.4 Å². The number of nitrogens with zero attached hydrogens (tertiary/aromatic N) is 1. The van der Waals surface area contributed by atoms with E-state index in [0.29, 0.717) is 17.3 Å². The van der Waals surface area contributed by atoms with E-state index >= 15 is 0 Å². The first-order valence-electron chi connectivity index (χ1n) is 11.1. The standard InChI is InChI=1S/C27H26FN3O/c28-23-7-9-24(10-8-23)29-27(32)26-17-22-16-21(6-11-25(22)30-26)20-12-14-31(15-13-20)18-19-4-2-1-3-5-19/h1-11,16-17,20,30H,12-15,18H2,(H,29,32). The Hall–Kier alpha value is -3.44. The molecule has 1 aliphatic rings. The van der Waals surface area contributed by atoms with Crippen LogP contribution in [0.1, 0.15) is 40.4 Å². The van der Waals surface area contributed by atoms with Gasteiger partial charge in [0.1, 0.15) is 11.5 Å². The lowest BCUT2D eigenvalue weighted by molar-refractivity contribution is 0.102. The predicted molar refractivity (Wildman–Crippen MR) is 126 cm³/mol. The number of fused-ring (bicyclic) bond motifs is 1. The Kier molecular flexibility index (Phi) is 5.73. The van der Waals surface area contributed by atoms with Gasteiger partial charge in [-0.1, -0.05) is 36.4 Å². The highest BCUT2D eigenvalue weighted by Gasteiger charge is 2.21. The third kappa shape index (κ3) is 4.58. The van der Waals surface area contributed by atoms with E-state index in [1.54, 1.807) is 12.1 Å². The van der Waals surface area contributed by atoms with Gasteiger partial charge in [0.25, 0.3) is 5.91 Å². The second kappa shape index (κ2) is 8.97. The van der Waals surface area contributed by atoms with E-state index in [9.17, 15) is 9.18 Å². The average molecular weight is 428 g/mol. The van der Waals surface area contributed by atoms with Gasteiger partial charge >= 0.3 is 0 Å². The number of anilines is 1. The summed E-state index contributed by atoms with van der Waals surface area (Å²) in [4.78, 5) is 18.3. The Morgan fingerprint density at radius 3 is 2.47 bits per heavy atom. The first kappa shape index (κ1) is 20.5. The van der Waals surface area contributed by atoms with E-state index in [0.717, 1.165) is 43.4 Å². The summed E-state index contributed by atoms with van der Waals surface area (Å²) >= 11 is 0. The van der Waals surface area contributed by atoms with Crippen LogP contribution in [0.2, 0.25) is 0 Å². The van der Waals surface area contributed by atoms with Gasteiger partial charge in [0.15, 0.2) is 0 Å². The molecular weight excluding hydrogens is 401 g/mol. The maximum atomic E-state index is 13.1. The van der Waals surface area contributed by atoms with Gasteiger partial charge < -0.3 is 10.3 Å². The highest BCUT2D eigenvalue weighted by atomic mass is 19.1. The number of piperidine rings is 1. The van der Waals surface area contributed by atoms with Crippen molar-refractivity contribution in [1.82, 2.24) is 9.88 Å². The van der Waals surface area contributed by atoms with E-state index < -0.39 is 0 Å². The lowest BCUT2D eigenvalue weighted by Crippen LogP contribution is -2.32. The Bertz CT molecular complexity index is 1210. The van der Waals surface area contributed by atoms with Crippen LogP contribution >= 0.6 is 0 Å². The minimum Gasteiger partial charge on any atom is -0.351 e. The summed E-state index contributed by atoms with van der Waals surface area (Å²) in [5.41, 5.74) is 4.71. The molecule has 1 fully saturated rings. The summed E-state index contributed by atoms with van der Waals surface area (Å²) in [5.74, 6) is -0.0200. The lowest BCUT2D eigenvalue weighted by atomic mass is 9.88. The summed E-state index contributed by atoms with van der Waals surface area (Å²) in [5, 5.41) is 3.85. The van der Waals surface area contributed by atoms with E-state index in [1.165, 1.54) is 23.3 Å². The van der Waals surface area contributed by atoms with Crippen molar-refractivity contribution in [3.63, 3.8) is 0 Å². The molecule has 0 saturated carbocycles. The summed E-state index contributed by atoms with van der Waals surface area (Å²) in [6, 6.07) is 24.8. The van der Waals surface area contributed by atoms with Gasteiger partial charge in [-0.25, -0.2) is 4.39 Å². The van der Waals surface area contributed by atoms with Crippen LogP contribution in [-0.2, 0) is 6.54 Å². The summed E-state index contributed by atoms with van der Waals surface area (Å²) in [7, 11) is 0. The molecule has 2 heterocycles. The first-order chi connectivity index (χ1) is 15.6. The molecule has 5 heteroatoms. The minimum absolute atomic E-state index is 0.233. The van der Waals surface area contributed by atoms with Crippen molar-refractivity contribution in [3.05, 3.63) is 102 Å². The normalized spacial score (nSPS) is 15.2. The topological polar surface area (TPSA) is 48.1 Å². The van der Waals surface area contributed by atoms with Gasteiger partial charge in [-0.2, -0.15) is 0 Å². The maximum Gasteiger partial charge on any atom is 0.272 e. The lowest BCUT2D eigenvalue weighted by Gasteiger charge is -2.32. The van der Waals surface area contributed by atoms with Gasteiger partial charge in [0.05, 0.1) is 0 Å². The van der Waals surface area contributed by atoms with Crippen LogP contribution in [0, 0.1) is 5.82 Å². The summed E-state index contributed by atoms with van der Waals surface area (Å²) in [6.45, 7) is 3.20. The van der Waals surface area contributed by atoms with Crippen molar-refractivity contribution in [2.45, 2.75) is 25.3 Å². The van der Waals surface area contributed by atoms with Crippen LogP contribution in [-0.4, -0.2) is 28.9 Å². The van der Waals surface area contributed by atoms with Gasteiger partial charge in [-0.05, 0) is 85.4 Å². The number of halogens is 1. The Labute approximate surface area is 187 Å². The van der Waals surface area contributed by atoms with Gasteiger partial charge in [-0.15, -0.1) is 0 Å². The zero-order valence-corrected chi connectivity index (χ0v) is 17.9. The largest absolute Gasteiger partial charge is 0.351 e. The molecule has 0 bridgehead atoms.